The highest BCUT2D eigenvalue weighted by Gasteiger charge is 2.24. The second kappa shape index (κ2) is 11.2. The Labute approximate surface area is 191 Å². The molecule has 0 bridgehead atoms. The number of carbonyl (C=O) groups excluding carboxylic acids is 2. The third-order valence-electron chi connectivity index (χ3n) is 5.76. The zero-order valence-electron chi connectivity index (χ0n) is 18.8. The Kier molecular flexibility index (Phi) is 8.39. The number of fused-ring (bicyclic) bond motifs is 1. The van der Waals surface area contributed by atoms with E-state index in [1.54, 1.807) is 23.5 Å². The molecule has 8 heteroatoms. The van der Waals surface area contributed by atoms with Crippen LogP contribution < -0.4 is 5.32 Å². The third-order valence-corrected chi connectivity index (χ3v) is 6.63. The van der Waals surface area contributed by atoms with E-state index in [4.69, 9.17) is 4.98 Å². The minimum atomic E-state index is -1.08. The van der Waals surface area contributed by atoms with Crippen LogP contribution in [0.15, 0.2) is 35.7 Å². The number of nitrogens with one attached hydrogen (secondary N) is 1. The first-order valence-corrected chi connectivity index (χ1v) is 12.1. The second-order valence-electron chi connectivity index (χ2n) is 7.89. The lowest BCUT2D eigenvalue weighted by atomic mass is 10.1. The summed E-state index contributed by atoms with van der Waals surface area (Å²) in [4.78, 5) is 34.0. The molecule has 2 heterocycles. The molecule has 1 N–H and O–H groups in total. The molecule has 32 heavy (non-hydrogen) atoms. The molecule has 1 atom stereocenters. The lowest BCUT2D eigenvalue weighted by Crippen LogP contribution is -2.41. The fraction of sp³-hybridized carbons (Fsp3) is 0.458. The first-order valence-electron chi connectivity index (χ1n) is 11.2. The van der Waals surface area contributed by atoms with Crippen LogP contribution in [0, 0.1) is 0 Å². The van der Waals surface area contributed by atoms with Crippen molar-refractivity contribution in [3.05, 3.63) is 52.0 Å². The molecular weight excluding hydrogens is 429 g/mol. The van der Waals surface area contributed by atoms with E-state index in [9.17, 15) is 14.1 Å². The van der Waals surface area contributed by atoms with Crippen LogP contribution in [0.5, 0.6) is 0 Å². The lowest BCUT2D eigenvalue weighted by molar-refractivity contribution is -0.186. The van der Waals surface area contributed by atoms with E-state index < -0.39 is 17.9 Å². The topological polar surface area (TPSA) is 73.2 Å². The normalized spacial score (nSPS) is 12.3. The van der Waals surface area contributed by atoms with Crippen LogP contribution in [0.25, 0.3) is 11.0 Å². The zero-order chi connectivity index (χ0) is 23.1. The van der Waals surface area contributed by atoms with E-state index in [0.717, 1.165) is 42.5 Å². The molecule has 0 fully saturated rings. The Morgan fingerprint density at radius 2 is 2.00 bits per heavy atom. The molecule has 0 aliphatic rings. The number of unbranched alkanes of at least 4 members (excludes halogenated alkanes) is 1. The van der Waals surface area contributed by atoms with Gasteiger partial charge in [0.25, 0.3) is 5.91 Å². The van der Waals surface area contributed by atoms with Gasteiger partial charge in [0.15, 0.2) is 0 Å². The number of aromatic nitrogens is 2. The predicted octanol–water partition coefficient (Wildman–Crippen LogP) is 5.77. The van der Waals surface area contributed by atoms with Gasteiger partial charge in [0.2, 0.25) is 0 Å². The molecule has 172 valence electrons. The maximum absolute atomic E-state index is 12.8. The Morgan fingerprint density at radius 1 is 1.22 bits per heavy atom. The van der Waals surface area contributed by atoms with Crippen LogP contribution in [0.2, 0.25) is 0 Å². The Hall–Kier alpha value is -2.74. The zero-order valence-corrected chi connectivity index (χ0v) is 19.6. The molecular formula is C24H30FN3O3S. The van der Waals surface area contributed by atoms with Gasteiger partial charge in [-0.3, -0.25) is 9.74 Å². The first-order chi connectivity index (χ1) is 15.5. The summed E-state index contributed by atoms with van der Waals surface area (Å²) in [6.45, 7) is 6.28. The standard InChI is InChI=1S/C24H30FN3O3S/c1-4-7-10-19(24(30)31-25)27-23(29)16-11-12-21-20(14-16)26-22(15-18-9-8-13-32-18)28(21)17(5-2)6-3/h8-9,11-14,17,19H,4-7,10,15H2,1-3H3,(H,27,29)/t19-/m0/s1. The van der Waals surface area contributed by atoms with Gasteiger partial charge >= 0.3 is 5.97 Å². The van der Waals surface area contributed by atoms with Gasteiger partial charge in [-0.15, -0.1) is 11.3 Å². The van der Waals surface area contributed by atoms with Gasteiger partial charge in [-0.25, -0.2) is 9.78 Å². The number of benzene rings is 1. The quantitative estimate of drug-likeness (QED) is 0.395. The van der Waals surface area contributed by atoms with E-state index in [1.807, 2.05) is 19.1 Å². The molecule has 0 saturated carbocycles. The molecule has 0 spiro atoms. The summed E-state index contributed by atoms with van der Waals surface area (Å²) in [5, 5.41) is 4.65. The lowest BCUT2D eigenvalue weighted by Gasteiger charge is -2.19. The molecule has 0 aliphatic heterocycles. The number of amides is 1. The maximum Gasteiger partial charge on any atom is 0.370 e. The highest BCUT2D eigenvalue weighted by atomic mass is 32.1. The van der Waals surface area contributed by atoms with Crippen LogP contribution in [-0.2, 0) is 16.2 Å². The van der Waals surface area contributed by atoms with Crippen molar-refractivity contribution in [1.82, 2.24) is 14.9 Å². The van der Waals surface area contributed by atoms with Gasteiger partial charge in [0.05, 0.1) is 11.0 Å². The maximum atomic E-state index is 12.8. The van der Waals surface area contributed by atoms with Gasteiger partial charge in [0.1, 0.15) is 11.9 Å². The number of rotatable bonds is 11. The van der Waals surface area contributed by atoms with E-state index >= 15 is 0 Å². The van der Waals surface area contributed by atoms with Crippen molar-refractivity contribution in [3.8, 4) is 0 Å². The van der Waals surface area contributed by atoms with Crippen molar-refractivity contribution in [3.63, 3.8) is 0 Å². The van der Waals surface area contributed by atoms with Gasteiger partial charge in [-0.2, -0.15) is 0 Å². The number of hydrogen-bond donors (Lipinski definition) is 1. The van der Waals surface area contributed by atoms with E-state index in [-0.39, 0.29) is 0 Å². The van der Waals surface area contributed by atoms with Gasteiger partial charge in [0, 0.05) is 27.4 Å². The minimum Gasteiger partial charge on any atom is -0.338 e. The van der Waals surface area contributed by atoms with Gasteiger partial charge in [-0.1, -0.05) is 39.7 Å². The Balaban J connectivity index is 1.93. The number of halogens is 1. The Bertz CT molecular complexity index is 1040. The largest absolute Gasteiger partial charge is 0.370 e. The first kappa shape index (κ1) is 23.9. The van der Waals surface area contributed by atoms with Crippen molar-refractivity contribution < 1.29 is 19.1 Å². The molecule has 0 aliphatic carbocycles. The molecule has 1 amide bonds. The molecule has 3 rings (SSSR count). The Morgan fingerprint density at radius 3 is 2.62 bits per heavy atom. The highest BCUT2D eigenvalue weighted by molar-refractivity contribution is 7.09. The average Bonchev–Trinajstić information content (AvgIpc) is 3.44. The van der Waals surface area contributed by atoms with Crippen LogP contribution >= 0.6 is 11.3 Å². The van der Waals surface area contributed by atoms with E-state index in [1.165, 1.54) is 4.88 Å². The van der Waals surface area contributed by atoms with Crippen molar-refractivity contribution in [2.75, 3.05) is 0 Å². The number of hydrogen-bond acceptors (Lipinski definition) is 5. The number of carbonyl (C=O) groups is 2. The van der Waals surface area contributed by atoms with E-state index in [0.29, 0.717) is 24.4 Å². The molecule has 2 aromatic heterocycles. The van der Waals surface area contributed by atoms with Gasteiger partial charge < -0.3 is 9.88 Å². The third kappa shape index (κ3) is 5.35. The van der Waals surface area contributed by atoms with Crippen LogP contribution in [0.1, 0.15) is 80.0 Å². The summed E-state index contributed by atoms with van der Waals surface area (Å²) in [7, 11) is 0. The molecule has 1 aromatic carbocycles. The minimum absolute atomic E-state index is 0.312. The summed E-state index contributed by atoms with van der Waals surface area (Å²) in [5.41, 5.74) is 2.09. The monoisotopic (exact) mass is 459 g/mol. The SMILES string of the molecule is CCCC[C@H](NC(=O)c1ccc2c(c1)nc(Cc1cccs1)n2C(CC)CC)C(=O)OF. The van der Waals surface area contributed by atoms with E-state index in [2.05, 4.69) is 40.1 Å². The number of imidazole rings is 1. The summed E-state index contributed by atoms with van der Waals surface area (Å²) in [6, 6.07) is 8.79. The fourth-order valence-corrected chi connectivity index (χ4v) is 4.70. The van der Waals surface area contributed by atoms with Gasteiger partial charge in [-0.05, 0) is 48.9 Å². The van der Waals surface area contributed by atoms with Crippen LogP contribution in [0.3, 0.4) is 0 Å². The molecule has 3 aromatic rings. The fourth-order valence-electron chi connectivity index (χ4n) is 4.00. The molecule has 0 radical (unpaired) electrons. The molecule has 0 saturated heterocycles. The summed E-state index contributed by atoms with van der Waals surface area (Å²) in [6.07, 6.45) is 4.49. The highest BCUT2D eigenvalue weighted by Crippen LogP contribution is 2.28. The smallest absolute Gasteiger partial charge is 0.338 e. The van der Waals surface area contributed by atoms with Crippen molar-refractivity contribution in [1.29, 1.82) is 0 Å². The van der Waals surface area contributed by atoms with Crippen molar-refractivity contribution >= 4 is 34.2 Å². The van der Waals surface area contributed by atoms with Crippen molar-refractivity contribution in [2.45, 2.75) is 71.4 Å². The second-order valence-corrected chi connectivity index (χ2v) is 8.92. The number of nitrogens with zero attached hydrogens (tertiary/aromatic N) is 2. The summed E-state index contributed by atoms with van der Waals surface area (Å²) in [5.74, 6) is -0.560. The summed E-state index contributed by atoms with van der Waals surface area (Å²) < 4.78 is 14.7. The van der Waals surface area contributed by atoms with Crippen LogP contribution in [-0.4, -0.2) is 27.5 Å². The summed E-state index contributed by atoms with van der Waals surface area (Å²) >= 11 is 1.70. The predicted molar refractivity (Wildman–Crippen MR) is 124 cm³/mol. The molecule has 0 unspecified atom stereocenters. The van der Waals surface area contributed by atoms with Crippen molar-refractivity contribution in [2.24, 2.45) is 0 Å². The average molecular weight is 460 g/mol. The molecule has 6 nitrogen and oxygen atoms in total. The van der Waals surface area contributed by atoms with Crippen LogP contribution in [0.4, 0.5) is 4.53 Å². The number of thiophene rings is 1.